The summed E-state index contributed by atoms with van der Waals surface area (Å²) in [5, 5.41) is 7.88. The van der Waals surface area contributed by atoms with Crippen molar-refractivity contribution in [1.29, 1.82) is 0 Å². The molecule has 1 amide bonds. The summed E-state index contributed by atoms with van der Waals surface area (Å²) in [6.07, 6.45) is 1.69. The molecule has 2 heterocycles. The van der Waals surface area contributed by atoms with Crippen LogP contribution in [0.25, 0.3) is 0 Å². The van der Waals surface area contributed by atoms with Crippen molar-refractivity contribution in [3.63, 3.8) is 0 Å². The van der Waals surface area contributed by atoms with Gasteiger partial charge in [-0.25, -0.2) is 0 Å². The molecular formula is C14H16N4O3. The summed E-state index contributed by atoms with van der Waals surface area (Å²) in [5.41, 5.74) is 0.570. The van der Waals surface area contributed by atoms with Crippen LogP contribution in [0.1, 0.15) is 16.2 Å². The maximum absolute atomic E-state index is 12.6. The number of ether oxygens (including phenoxy) is 2. The number of aromatic nitrogens is 3. The molecule has 0 N–H and O–H groups in total. The molecule has 0 radical (unpaired) electrons. The number of benzene rings is 1. The normalized spacial score (nSPS) is 13.7. The van der Waals surface area contributed by atoms with E-state index < -0.39 is 0 Å². The highest BCUT2D eigenvalue weighted by atomic mass is 16.5. The average molecular weight is 288 g/mol. The number of nitrogens with zero attached hydrogens (tertiary/aromatic N) is 4. The molecule has 0 saturated carbocycles. The van der Waals surface area contributed by atoms with E-state index in [4.69, 9.17) is 9.47 Å². The third-order valence-electron chi connectivity index (χ3n) is 3.56. The van der Waals surface area contributed by atoms with Crippen LogP contribution in [0.15, 0.2) is 24.5 Å². The largest absolute Gasteiger partial charge is 0.493 e. The molecule has 7 heteroatoms. The lowest BCUT2D eigenvalue weighted by Crippen LogP contribution is -2.38. The fraction of sp³-hybridized carbons (Fsp3) is 0.357. The van der Waals surface area contributed by atoms with Gasteiger partial charge < -0.3 is 18.9 Å². The van der Waals surface area contributed by atoms with Crippen molar-refractivity contribution in [1.82, 2.24) is 19.7 Å². The van der Waals surface area contributed by atoms with Crippen LogP contribution in [0.4, 0.5) is 0 Å². The van der Waals surface area contributed by atoms with E-state index in [9.17, 15) is 4.79 Å². The van der Waals surface area contributed by atoms with Crippen LogP contribution < -0.4 is 9.47 Å². The molecule has 110 valence electrons. The molecule has 21 heavy (non-hydrogen) atoms. The summed E-state index contributed by atoms with van der Waals surface area (Å²) < 4.78 is 12.4. The summed E-state index contributed by atoms with van der Waals surface area (Å²) in [7, 11) is 3.12. The maximum atomic E-state index is 12.6. The molecule has 3 rings (SSSR count). The van der Waals surface area contributed by atoms with Crippen LogP contribution >= 0.6 is 0 Å². The Hall–Kier alpha value is -2.57. The quantitative estimate of drug-likeness (QED) is 0.841. The van der Waals surface area contributed by atoms with Crippen LogP contribution in [-0.4, -0.2) is 46.3 Å². The van der Waals surface area contributed by atoms with Gasteiger partial charge in [0.1, 0.15) is 6.33 Å². The lowest BCUT2D eigenvalue weighted by molar-refractivity contribution is 0.0707. The van der Waals surface area contributed by atoms with E-state index in [1.165, 1.54) is 0 Å². The van der Waals surface area contributed by atoms with Crippen molar-refractivity contribution in [2.75, 3.05) is 20.8 Å². The smallest absolute Gasteiger partial charge is 0.254 e. The van der Waals surface area contributed by atoms with Crippen molar-refractivity contribution in [2.45, 2.75) is 13.1 Å². The van der Waals surface area contributed by atoms with Crippen molar-refractivity contribution in [3.8, 4) is 11.5 Å². The second kappa shape index (κ2) is 5.43. The van der Waals surface area contributed by atoms with Crippen molar-refractivity contribution in [2.24, 2.45) is 0 Å². The van der Waals surface area contributed by atoms with Crippen LogP contribution in [-0.2, 0) is 13.1 Å². The SMILES string of the molecule is COc1ccc(C(=O)N2CCn3cnnc3C2)cc1OC. The van der Waals surface area contributed by atoms with Crippen LogP contribution in [0.3, 0.4) is 0 Å². The first-order valence-corrected chi connectivity index (χ1v) is 6.61. The predicted molar refractivity (Wildman–Crippen MR) is 74.3 cm³/mol. The Labute approximate surface area is 122 Å². The first kappa shape index (κ1) is 13.4. The number of methoxy groups -OCH3 is 2. The monoisotopic (exact) mass is 288 g/mol. The molecule has 0 aliphatic carbocycles. The molecule has 0 bridgehead atoms. The lowest BCUT2D eigenvalue weighted by Gasteiger charge is -2.27. The van der Waals surface area contributed by atoms with Gasteiger partial charge in [-0.1, -0.05) is 0 Å². The molecule has 1 aliphatic rings. The summed E-state index contributed by atoms with van der Waals surface area (Å²) in [4.78, 5) is 14.3. The van der Waals surface area contributed by atoms with E-state index in [1.54, 1.807) is 43.6 Å². The second-order valence-electron chi connectivity index (χ2n) is 4.74. The highest BCUT2D eigenvalue weighted by Gasteiger charge is 2.23. The van der Waals surface area contributed by atoms with Crippen molar-refractivity contribution < 1.29 is 14.3 Å². The van der Waals surface area contributed by atoms with Gasteiger partial charge in [0.15, 0.2) is 17.3 Å². The average Bonchev–Trinajstić information content (AvgIpc) is 3.00. The zero-order valence-corrected chi connectivity index (χ0v) is 11.9. The number of carbonyl (C=O) groups excluding carboxylic acids is 1. The number of rotatable bonds is 3. The molecule has 0 unspecified atom stereocenters. The third-order valence-corrected chi connectivity index (χ3v) is 3.56. The topological polar surface area (TPSA) is 69.5 Å². The van der Waals surface area contributed by atoms with E-state index >= 15 is 0 Å². The molecule has 1 aliphatic heterocycles. The van der Waals surface area contributed by atoms with Gasteiger partial charge in [0.2, 0.25) is 0 Å². The third kappa shape index (κ3) is 2.42. The van der Waals surface area contributed by atoms with Gasteiger partial charge in [0.25, 0.3) is 5.91 Å². The molecule has 0 spiro atoms. The fourth-order valence-corrected chi connectivity index (χ4v) is 2.39. The Bertz CT molecular complexity index is 668. The van der Waals surface area contributed by atoms with Gasteiger partial charge in [0.05, 0.1) is 20.8 Å². The summed E-state index contributed by atoms with van der Waals surface area (Å²) >= 11 is 0. The first-order valence-electron chi connectivity index (χ1n) is 6.61. The highest BCUT2D eigenvalue weighted by Crippen LogP contribution is 2.28. The molecule has 1 aromatic carbocycles. The standard InChI is InChI=1S/C14H16N4O3/c1-20-11-4-3-10(7-12(11)21-2)14(19)17-5-6-18-9-15-16-13(18)8-17/h3-4,7,9H,5-6,8H2,1-2H3. The molecule has 7 nitrogen and oxygen atoms in total. The van der Waals surface area contributed by atoms with Crippen molar-refractivity contribution in [3.05, 3.63) is 35.9 Å². The number of carbonyl (C=O) groups is 1. The Kier molecular flexibility index (Phi) is 3.47. The van der Waals surface area contributed by atoms with Gasteiger partial charge in [0, 0.05) is 18.7 Å². The van der Waals surface area contributed by atoms with Crippen LogP contribution in [0, 0.1) is 0 Å². The summed E-state index contributed by atoms with van der Waals surface area (Å²) in [6.45, 7) is 1.81. The molecule has 1 aromatic heterocycles. The van der Waals surface area contributed by atoms with Crippen LogP contribution in [0.2, 0.25) is 0 Å². The molecular weight excluding hydrogens is 272 g/mol. The zero-order chi connectivity index (χ0) is 14.8. The highest BCUT2D eigenvalue weighted by molar-refractivity contribution is 5.95. The minimum absolute atomic E-state index is 0.0507. The minimum Gasteiger partial charge on any atom is -0.493 e. The maximum Gasteiger partial charge on any atom is 0.254 e. The molecule has 0 saturated heterocycles. The van der Waals surface area contributed by atoms with E-state index in [2.05, 4.69) is 10.2 Å². The van der Waals surface area contributed by atoms with Gasteiger partial charge >= 0.3 is 0 Å². The molecule has 0 fully saturated rings. The molecule has 2 aromatic rings. The lowest BCUT2D eigenvalue weighted by atomic mass is 10.1. The summed E-state index contributed by atoms with van der Waals surface area (Å²) in [5.74, 6) is 1.90. The number of hydrogen-bond donors (Lipinski definition) is 0. The molecule has 0 atom stereocenters. The zero-order valence-electron chi connectivity index (χ0n) is 11.9. The Morgan fingerprint density at radius 3 is 2.76 bits per heavy atom. The van der Waals surface area contributed by atoms with Crippen LogP contribution in [0.5, 0.6) is 11.5 Å². The van der Waals surface area contributed by atoms with E-state index in [1.807, 2.05) is 4.57 Å². The fourth-order valence-electron chi connectivity index (χ4n) is 2.39. The van der Waals surface area contributed by atoms with Gasteiger partial charge in [-0.15, -0.1) is 10.2 Å². The van der Waals surface area contributed by atoms with Gasteiger partial charge in [-0.3, -0.25) is 4.79 Å². The second-order valence-corrected chi connectivity index (χ2v) is 4.74. The minimum atomic E-state index is -0.0507. The van der Waals surface area contributed by atoms with E-state index in [0.717, 1.165) is 5.82 Å². The van der Waals surface area contributed by atoms with E-state index in [-0.39, 0.29) is 5.91 Å². The van der Waals surface area contributed by atoms with E-state index in [0.29, 0.717) is 36.7 Å². The van der Waals surface area contributed by atoms with Crippen molar-refractivity contribution >= 4 is 5.91 Å². The predicted octanol–water partition coefficient (Wildman–Crippen LogP) is 0.951. The Morgan fingerprint density at radius 1 is 1.19 bits per heavy atom. The van der Waals surface area contributed by atoms with Gasteiger partial charge in [-0.2, -0.15) is 0 Å². The number of amides is 1. The Balaban J connectivity index is 1.83. The number of hydrogen-bond acceptors (Lipinski definition) is 5. The Morgan fingerprint density at radius 2 is 2.00 bits per heavy atom. The van der Waals surface area contributed by atoms with Gasteiger partial charge in [-0.05, 0) is 18.2 Å². The summed E-state index contributed by atoms with van der Waals surface area (Å²) in [6, 6.07) is 5.17. The number of fused-ring (bicyclic) bond motifs is 1. The first-order chi connectivity index (χ1) is 10.2.